The molecule has 3 rings (SSSR count). The zero-order valence-electron chi connectivity index (χ0n) is 22.6. The number of aliphatic hydroxyl groups is 1. The number of anilines is 1. The minimum atomic E-state index is -3.88. The smallest absolute Gasteiger partial charge is 0.447 e. The Hall–Kier alpha value is -3.68. The average molecular weight is 597 g/mol. The summed E-state index contributed by atoms with van der Waals surface area (Å²) in [7, 11) is -0.312. The van der Waals surface area contributed by atoms with E-state index < -0.39 is 50.3 Å². The minimum Gasteiger partial charge on any atom is -0.447 e. The van der Waals surface area contributed by atoms with Gasteiger partial charge in [-0.3, -0.25) is 18.9 Å². The molecule has 15 heteroatoms. The first-order chi connectivity index (χ1) is 19.5. The van der Waals surface area contributed by atoms with E-state index >= 15 is 0 Å². The second kappa shape index (κ2) is 14.8. The molecule has 0 unspecified atom stereocenters. The topological polar surface area (TPSA) is 149 Å². The number of benzene rings is 2. The Morgan fingerprint density at radius 1 is 1.07 bits per heavy atom. The maximum absolute atomic E-state index is 14.0. The molecule has 222 valence electrons. The Labute approximate surface area is 235 Å². The van der Waals surface area contributed by atoms with Gasteiger partial charge in [-0.1, -0.05) is 36.4 Å². The van der Waals surface area contributed by atoms with Crippen molar-refractivity contribution in [2.24, 2.45) is 0 Å². The molecule has 2 aromatic carbocycles. The van der Waals surface area contributed by atoms with Crippen molar-refractivity contribution in [2.45, 2.75) is 25.1 Å². The zero-order valence-corrected chi connectivity index (χ0v) is 23.5. The van der Waals surface area contributed by atoms with Gasteiger partial charge in [0.2, 0.25) is 0 Å². The molecule has 2 atom stereocenters. The molecule has 12 nitrogen and oxygen atoms in total. The number of carbonyl (C=O) groups excluding carboxylic acids is 2. The summed E-state index contributed by atoms with van der Waals surface area (Å²) in [5.74, 6) is -1.92. The van der Waals surface area contributed by atoms with Gasteiger partial charge in [0.05, 0.1) is 18.8 Å². The van der Waals surface area contributed by atoms with E-state index in [0.717, 1.165) is 36.0 Å². The summed E-state index contributed by atoms with van der Waals surface area (Å²) in [4.78, 5) is 30.6. The largest absolute Gasteiger partial charge is 0.474 e. The summed E-state index contributed by atoms with van der Waals surface area (Å²) in [6, 6.07) is 11.0. The highest BCUT2D eigenvalue weighted by Crippen LogP contribution is 2.47. The average Bonchev–Trinajstić information content (AvgIpc) is 2.98. The van der Waals surface area contributed by atoms with Gasteiger partial charge in [-0.25, -0.2) is 27.9 Å². The van der Waals surface area contributed by atoms with Crippen LogP contribution >= 0.6 is 7.82 Å². The van der Waals surface area contributed by atoms with Crippen LogP contribution in [0.1, 0.15) is 12.0 Å². The van der Waals surface area contributed by atoms with Crippen LogP contribution in [0.5, 0.6) is 0 Å². The Kier molecular flexibility index (Phi) is 11.5. The van der Waals surface area contributed by atoms with E-state index in [1.807, 2.05) is 24.3 Å². The molecule has 3 N–H and O–H groups in total. The number of nitrogens with one attached hydrogen (secondary N) is 2. The van der Waals surface area contributed by atoms with Crippen molar-refractivity contribution in [1.29, 1.82) is 0 Å². The van der Waals surface area contributed by atoms with Crippen LogP contribution in [0.3, 0.4) is 0 Å². The van der Waals surface area contributed by atoms with Gasteiger partial charge in [-0.05, 0) is 23.9 Å². The summed E-state index contributed by atoms with van der Waals surface area (Å²) in [6.45, 7) is -1.21. The Balaban J connectivity index is 1.65. The van der Waals surface area contributed by atoms with Crippen molar-refractivity contribution in [3.8, 4) is 0 Å². The van der Waals surface area contributed by atoms with Crippen LogP contribution in [0.25, 0.3) is 10.8 Å². The lowest BCUT2D eigenvalue weighted by atomic mass is 10.1. The first kappa shape index (κ1) is 31.8. The monoisotopic (exact) mass is 596 g/mol. The third kappa shape index (κ3) is 9.17. The number of phosphoric ester groups is 1. The molecule has 0 fully saturated rings. The number of halogens is 2. The normalized spacial score (nSPS) is 12.9. The van der Waals surface area contributed by atoms with Gasteiger partial charge in [-0.15, -0.1) is 0 Å². The summed E-state index contributed by atoms with van der Waals surface area (Å²) in [6.07, 6.45) is -0.791. The lowest BCUT2D eigenvalue weighted by Gasteiger charge is -2.30. The zero-order chi connectivity index (χ0) is 30.0. The summed E-state index contributed by atoms with van der Waals surface area (Å²) in [5.41, 5.74) is -0.0786. The number of aliphatic hydroxyl groups excluding tert-OH is 1. The molecule has 3 aromatic rings. The fourth-order valence-corrected chi connectivity index (χ4v) is 4.40. The van der Waals surface area contributed by atoms with Crippen molar-refractivity contribution in [3.63, 3.8) is 0 Å². The quantitative estimate of drug-likeness (QED) is 0.244. The van der Waals surface area contributed by atoms with Crippen LogP contribution in [-0.2, 0) is 29.4 Å². The van der Waals surface area contributed by atoms with Gasteiger partial charge in [0, 0.05) is 45.0 Å². The van der Waals surface area contributed by atoms with E-state index in [9.17, 15) is 28.0 Å². The van der Waals surface area contributed by atoms with E-state index in [-0.39, 0.29) is 31.0 Å². The number of fused-ring (bicyclic) bond motifs is 1. The summed E-state index contributed by atoms with van der Waals surface area (Å²) >= 11 is 0. The highest BCUT2D eigenvalue weighted by Gasteiger charge is 2.28. The molecule has 0 radical (unpaired) electrons. The van der Waals surface area contributed by atoms with E-state index in [1.165, 1.54) is 19.2 Å². The molecule has 3 amide bonds. The fraction of sp³-hybridized carbons (Fsp3) is 0.346. The minimum absolute atomic E-state index is 0.0786. The molecule has 0 saturated carbocycles. The van der Waals surface area contributed by atoms with Crippen LogP contribution in [0, 0.1) is 11.6 Å². The SMILES string of the molecule is COP(=O)(OC)OC[C@H](O)C[C@H](COC(=O)Nc1cc2ccccc2cn1)N(C)C(=O)NCc1cccc(F)c1F. The number of phosphoric acid groups is 1. The van der Waals surface area contributed by atoms with E-state index in [2.05, 4.69) is 24.7 Å². The van der Waals surface area contributed by atoms with Gasteiger partial charge in [0.25, 0.3) is 0 Å². The molecule has 0 saturated heterocycles. The predicted octanol–water partition coefficient (Wildman–Crippen LogP) is 4.44. The third-order valence-electron chi connectivity index (χ3n) is 6.01. The number of pyridine rings is 1. The molecule has 0 aliphatic heterocycles. The Bertz CT molecular complexity index is 1390. The highest BCUT2D eigenvalue weighted by molar-refractivity contribution is 7.48. The van der Waals surface area contributed by atoms with Gasteiger partial charge < -0.3 is 20.1 Å². The van der Waals surface area contributed by atoms with E-state index in [1.54, 1.807) is 12.3 Å². The predicted molar refractivity (Wildman–Crippen MR) is 145 cm³/mol. The van der Waals surface area contributed by atoms with Crippen LogP contribution in [-0.4, -0.2) is 73.7 Å². The number of amides is 3. The van der Waals surface area contributed by atoms with Crippen LogP contribution in [0.15, 0.2) is 54.7 Å². The van der Waals surface area contributed by atoms with Gasteiger partial charge >= 0.3 is 19.9 Å². The second-order valence-electron chi connectivity index (χ2n) is 8.77. The molecule has 1 aromatic heterocycles. The maximum Gasteiger partial charge on any atom is 0.474 e. The Morgan fingerprint density at radius 3 is 2.49 bits per heavy atom. The van der Waals surface area contributed by atoms with Gasteiger partial charge in [0.1, 0.15) is 12.4 Å². The molecular formula is C26H31F2N4O8P. The lowest BCUT2D eigenvalue weighted by molar-refractivity contribution is 0.0403. The number of hydrogen-bond acceptors (Lipinski definition) is 9. The maximum atomic E-state index is 14.0. The van der Waals surface area contributed by atoms with E-state index in [4.69, 9.17) is 9.26 Å². The fourth-order valence-electron chi connectivity index (χ4n) is 3.69. The van der Waals surface area contributed by atoms with Gasteiger partial charge in [-0.2, -0.15) is 0 Å². The number of nitrogens with zero attached hydrogens (tertiary/aromatic N) is 2. The number of likely N-dealkylation sites (N-methyl/N-ethyl adjacent to an activating group) is 1. The first-order valence-corrected chi connectivity index (χ1v) is 13.8. The summed E-state index contributed by atoms with van der Waals surface area (Å²) < 4.78 is 59.3. The first-order valence-electron chi connectivity index (χ1n) is 12.3. The highest BCUT2D eigenvalue weighted by atomic mass is 31.2. The van der Waals surface area contributed by atoms with E-state index in [0.29, 0.717) is 0 Å². The van der Waals surface area contributed by atoms with Crippen molar-refractivity contribution in [2.75, 3.05) is 39.8 Å². The van der Waals surface area contributed by atoms with Crippen molar-refractivity contribution in [3.05, 3.63) is 71.9 Å². The van der Waals surface area contributed by atoms with Crippen LogP contribution in [0.2, 0.25) is 0 Å². The lowest BCUT2D eigenvalue weighted by Crippen LogP contribution is -2.47. The number of hydrogen-bond donors (Lipinski definition) is 3. The molecule has 41 heavy (non-hydrogen) atoms. The molecule has 0 spiro atoms. The van der Waals surface area contributed by atoms with Crippen molar-refractivity contribution < 1.29 is 46.3 Å². The molecular weight excluding hydrogens is 565 g/mol. The third-order valence-corrected chi connectivity index (χ3v) is 7.37. The summed E-state index contributed by atoms with van der Waals surface area (Å²) in [5, 5.41) is 17.2. The van der Waals surface area contributed by atoms with Crippen molar-refractivity contribution >= 4 is 36.5 Å². The number of ether oxygens (including phenoxy) is 1. The van der Waals surface area contributed by atoms with Gasteiger partial charge in [0.15, 0.2) is 11.6 Å². The number of carbonyl (C=O) groups is 2. The van der Waals surface area contributed by atoms with Crippen LogP contribution < -0.4 is 10.6 Å². The second-order valence-corrected chi connectivity index (χ2v) is 10.7. The molecule has 1 heterocycles. The van der Waals surface area contributed by atoms with Crippen LogP contribution in [0.4, 0.5) is 24.2 Å². The standard InChI is InChI=1S/C26H31F2N4O8P/c1-32(25(34)30-14-19-9-6-10-22(27)24(19)28)20(12-21(33)16-40-41(36,37-2)38-3)15-39-26(35)31-23-11-17-7-4-5-8-18(17)13-29-23/h4-11,13,20-21,33H,12,14-16H2,1-3H3,(H,30,34)(H,29,31,35)/t20-,21-/m1/s1. The molecule has 0 bridgehead atoms. The Morgan fingerprint density at radius 2 is 1.78 bits per heavy atom. The molecule has 0 aliphatic rings. The number of aromatic nitrogens is 1. The number of rotatable bonds is 13. The number of urea groups is 1. The van der Waals surface area contributed by atoms with Crippen molar-refractivity contribution in [1.82, 2.24) is 15.2 Å². The molecule has 0 aliphatic carbocycles.